The molecule has 0 atom stereocenters. The van der Waals surface area contributed by atoms with Gasteiger partial charge in [0.25, 0.3) is 0 Å². The molecule has 1 aliphatic rings. The highest BCUT2D eigenvalue weighted by atomic mass is 16.6. The van der Waals surface area contributed by atoms with Gasteiger partial charge in [-0.3, -0.25) is 0 Å². The van der Waals surface area contributed by atoms with Crippen molar-refractivity contribution in [3.8, 4) is 11.1 Å². The molecule has 0 aliphatic carbocycles. The van der Waals surface area contributed by atoms with Crippen LogP contribution < -0.4 is 0 Å². The zero-order chi connectivity index (χ0) is 19.5. The Morgan fingerprint density at radius 1 is 0.483 bits per heavy atom. The number of ether oxygens (including phenoxy) is 1. The van der Waals surface area contributed by atoms with Gasteiger partial charge in [0.1, 0.15) is 0 Å². The molecule has 5 aromatic rings. The quantitative estimate of drug-likeness (QED) is 0.202. The van der Waals surface area contributed by atoms with Crippen molar-refractivity contribution < 1.29 is 14.3 Å². The van der Waals surface area contributed by atoms with Gasteiger partial charge in [-0.05, 0) is 61.6 Å². The van der Waals surface area contributed by atoms with E-state index >= 15 is 0 Å². The van der Waals surface area contributed by atoms with E-state index < -0.39 is 11.9 Å². The van der Waals surface area contributed by atoms with E-state index in [0.29, 0.717) is 11.1 Å². The molecule has 0 fully saturated rings. The van der Waals surface area contributed by atoms with Crippen LogP contribution in [0.2, 0.25) is 0 Å². The van der Waals surface area contributed by atoms with Gasteiger partial charge in [-0.1, -0.05) is 66.7 Å². The van der Waals surface area contributed by atoms with E-state index in [0.717, 1.165) is 43.4 Å². The van der Waals surface area contributed by atoms with Crippen LogP contribution >= 0.6 is 0 Å². The topological polar surface area (TPSA) is 43.4 Å². The van der Waals surface area contributed by atoms with Crippen LogP contribution in [0.15, 0.2) is 84.9 Å². The molecule has 0 aromatic heterocycles. The van der Waals surface area contributed by atoms with Crippen molar-refractivity contribution in [2.75, 3.05) is 0 Å². The molecule has 0 unspecified atom stereocenters. The number of carbonyl (C=O) groups is 2. The first-order valence-corrected chi connectivity index (χ1v) is 9.45. The Morgan fingerprint density at radius 2 is 1.10 bits per heavy atom. The summed E-state index contributed by atoms with van der Waals surface area (Å²) >= 11 is 0. The van der Waals surface area contributed by atoms with Gasteiger partial charge in [0, 0.05) is 0 Å². The van der Waals surface area contributed by atoms with Gasteiger partial charge < -0.3 is 4.74 Å². The summed E-state index contributed by atoms with van der Waals surface area (Å²) in [7, 11) is 0. The Labute approximate surface area is 166 Å². The van der Waals surface area contributed by atoms with Crippen molar-refractivity contribution in [3.05, 3.63) is 96.1 Å². The molecule has 0 spiro atoms. The average molecular weight is 374 g/mol. The normalized spacial score (nSPS) is 13.2. The minimum atomic E-state index is -0.580. The third-order valence-corrected chi connectivity index (χ3v) is 5.68. The number of hydrogen-bond donors (Lipinski definition) is 0. The van der Waals surface area contributed by atoms with Crippen molar-refractivity contribution in [2.24, 2.45) is 0 Å². The molecule has 3 heteroatoms. The first-order chi connectivity index (χ1) is 14.2. The molecule has 3 nitrogen and oxygen atoms in total. The Balaban J connectivity index is 1.77. The second-order valence-electron chi connectivity index (χ2n) is 7.30. The lowest BCUT2D eigenvalue weighted by atomic mass is 9.88. The Bertz CT molecular complexity index is 1510. The summed E-state index contributed by atoms with van der Waals surface area (Å²) in [5.41, 5.74) is 2.37. The highest BCUT2D eigenvalue weighted by Gasteiger charge is 2.35. The number of rotatable bonds is 1. The summed E-state index contributed by atoms with van der Waals surface area (Å²) in [6, 6.07) is 28.1. The van der Waals surface area contributed by atoms with E-state index in [4.69, 9.17) is 4.74 Å². The molecule has 29 heavy (non-hydrogen) atoms. The Hall–Kier alpha value is -3.98. The summed E-state index contributed by atoms with van der Waals surface area (Å²) in [6.45, 7) is 0. The molecule has 0 saturated carbocycles. The van der Waals surface area contributed by atoms with Gasteiger partial charge in [-0.25, -0.2) is 9.59 Å². The predicted octanol–water partition coefficient (Wildman–Crippen LogP) is 6.12. The maximum absolute atomic E-state index is 12.6. The fourth-order valence-electron chi connectivity index (χ4n) is 4.37. The first kappa shape index (κ1) is 16.0. The standard InChI is InChI=1S/C26H14O3/c27-25-23-19-10-4-3-8-18(19)14-22(24(23)26(28)29-25)20-11-5-9-17-12-15-6-1-2-7-16(15)13-21(17)20/h1-14H. The molecule has 0 saturated heterocycles. The second kappa shape index (κ2) is 5.76. The van der Waals surface area contributed by atoms with E-state index in [-0.39, 0.29) is 0 Å². The van der Waals surface area contributed by atoms with E-state index in [9.17, 15) is 9.59 Å². The lowest BCUT2D eigenvalue weighted by Crippen LogP contribution is -1.98. The summed E-state index contributed by atoms with van der Waals surface area (Å²) in [5.74, 6) is -1.16. The minimum Gasteiger partial charge on any atom is -0.386 e. The van der Waals surface area contributed by atoms with Crippen molar-refractivity contribution >= 4 is 44.3 Å². The fourth-order valence-corrected chi connectivity index (χ4v) is 4.37. The largest absolute Gasteiger partial charge is 0.386 e. The van der Waals surface area contributed by atoms with Crippen LogP contribution in [0.25, 0.3) is 43.4 Å². The van der Waals surface area contributed by atoms with Crippen LogP contribution in [0.4, 0.5) is 0 Å². The number of fused-ring (bicyclic) bond motifs is 5. The Kier molecular flexibility index (Phi) is 3.18. The van der Waals surface area contributed by atoms with Gasteiger partial charge in [-0.15, -0.1) is 0 Å². The van der Waals surface area contributed by atoms with E-state index in [1.165, 1.54) is 0 Å². The minimum absolute atomic E-state index is 0.356. The molecule has 1 heterocycles. The van der Waals surface area contributed by atoms with Gasteiger partial charge in [-0.2, -0.15) is 0 Å². The number of benzene rings is 5. The van der Waals surface area contributed by atoms with Crippen molar-refractivity contribution in [3.63, 3.8) is 0 Å². The maximum Gasteiger partial charge on any atom is 0.347 e. The van der Waals surface area contributed by atoms with E-state index in [1.807, 2.05) is 54.6 Å². The highest BCUT2D eigenvalue weighted by molar-refractivity contribution is 6.25. The number of hydrogen-bond acceptors (Lipinski definition) is 3. The average Bonchev–Trinajstić information content (AvgIpc) is 3.06. The number of carbonyl (C=O) groups excluding carboxylic acids is 2. The summed E-state index contributed by atoms with van der Waals surface area (Å²) < 4.78 is 5.01. The third-order valence-electron chi connectivity index (χ3n) is 5.68. The van der Waals surface area contributed by atoms with Crippen LogP contribution in [-0.4, -0.2) is 11.9 Å². The van der Waals surface area contributed by atoms with Gasteiger partial charge in [0.05, 0.1) is 11.1 Å². The molecular weight excluding hydrogens is 360 g/mol. The molecule has 0 bridgehead atoms. The molecule has 0 amide bonds. The second-order valence-corrected chi connectivity index (χ2v) is 7.30. The molecule has 0 N–H and O–H groups in total. The SMILES string of the molecule is O=C1OC(=O)c2c1c(-c1cccc3cc4ccccc4cc13)cc1ccccc21. The fraction of sp³-hybridized carbons (Fsp3) is 0. The van der Waals surface area contributed by atoms with Crippen molar-refractivity contribution in [1.82, 2.24) is 0 Å². The predicted molar refractivity (Wildman–Crippen MR) is 114 cm³/mol. The molecule has 136 valence electrons. The van der Waals surface area contributed by atoms with Gasteiger partial charge in [0.15, 0.2) is 0 Å². The summed E-state index contributed by atoms with van der Waals surface area (Å²) in [5, 5.41) is 6.06. The van der Waals surface area contributed by atoms with Crippen LogP contribution in [-0.2, 0) is 4.74 Å². The maximum atomic E-state index is 12.6. The van der Waals surface area contributed by atoms with Crippen LogP contribution in [0, 0.1) is 0 Å². The third kappa shape index (κ3) is 2.25. The zero-order valence-electron chi connectivity index (χ0n) is 15.3. The molecule has 1 aliphatic heterocycles. The number of esters is 2. The van der Waals surface area contributed by atoms with Gasteiger partial charge in [0.2, 0.25) is 0 Å². The summed E-state index contributed by atoms with van der Waals surface area (Å²) in [6.07, 6.45) is 0. The molecule has 0 radical (unpaired) electrons. The van der Waals surface area contributed by atoms with Crippen LogP contribution in [0.1, 0.15) is 20.7 Å². The van der Waals surface area contributed by atoms with Crippen LogP contribution in [0.3, 0.4) is 0 Å². The first-order valence-electron chi connectivity index (χ1n) is 9.45. The molecule has 5 aromatic carbocycles. The van der Waals surface area contributed by atoms with E-state index in [1.54, 1.807) is 0 Å². The Morgan fingerprint density at radius 3 is 1.93 bits per heavy atom. The number of cyclic esters (lactones) is 2. The van der Waals surface area contributed by atoms with Crippen molar-refractivity contribution in [2.45, 2.75) is 0 Å². The molecule has 6 rings (SSSR count). The molecular formula is C26H14O3. The smallest absolute Gasteiger partial charge is 0.347 e. The van der Waals surface area contributed by atoms with Crippen molar-refractivity contribution in [1.29, 1.82) is 0 Å². The monoisotopic (exact) mass is 374 g/mol. The van der Waals surface area contributed by atoms with E-state index in [2.05, 4.69) is 30.3 Å². The lowest BCUT2D eigenvalue weighted by molar-refractivity contribution is 0.0445. The summed E-state index contributed by atoms with van der Waals surface area (Å²) in [4.78, 5) is 25.1. The van der Waals surface area contributed by atoms with Gasteiger partial charge >= 0.3 is 11.9 Å². The lowest BCUT2D eigenvalue weighted by Gasteiger charge is -2.12. The van der Waals surface area contributed by atoms with Crippen LogP contribution in [0.5, 0.6) is 0 Å². The zero-order valence-corrected chi connectivity index (χ0v) is 15.3. The highest BCUT2D eigenvalue weighted by Crippen LogP contribution is 2.40.